The smallest absolute Gasteiger partial charge is 0.269 e. The van der Waals surface area contributed by atoms with Crippen LogP contribution >= 0.6 is 0 Å². The van der Waals surface area contributed by atoms with Gasteiger partial charge in [-0.05, 0) is 29.3 Å². The molecule has 0 heterocycles. The van der Waals surface area contributed by atoms with Crippen molar-refractivity contribution in [2.45, 2.75) is 25.3 Å². The van der Waals surface area contributed by atoms with Crippen LogP contribution < -0.4 is 0 Å². The first-order valence-electron chi connectivity index (χ1n) is 9.45. The Bertz CT molecular complexity index is 1030. The Morgan fingerprint density at radius 1 is 1.10 bits per heavy atom. The summed E-state index contributed by atoms with van der Waals surface area (Å²) in [5, 5.41) is 10.9. The van der Waals surface area contributed by atoms with Gasteiger partial charge in [-0.15, -0.1) is 0 Å². The van der Waals surface area contributed by atoms with Gasteiger partial charge in [0.2, 0.25) is 15.9 Å². The van der Waals surface area contributed by atoms with E-state index >= 15 is 0 Å². The standard InChI is InChI=1S/C21H25N3O5S/c1-4-23(5-2)30(28,29)20-12-9-17(10-13-20)11-14-21(25)22(3)16-18-7-6-8-19(15-18)24(26)27/h6-15H,4-5,16H2,1-3H3/b14-11+. The van der Waals surface area contributed by atoms with Gasteiger partial charge in [-0.1, -0.05) is 38.1 Å². The number of nitro benzene ring substituents is 1. The molecular formula is C21H25N3O5S. The van der Waals surface area contributed by atoms with E-state index in [2.05, 4.69) is 0 Å². The van der Waals surface area contributed by atoms with Gasteiger partial charge >= 0.3 is 0 Å². The SMILES string of the molecule is CCN(CC)S(=O)(=O)c1ccc(/C=C/C(=O)N(C)Cc2cccc([N+](=O)[O-])c2)cc1. The van der Waals surface area contributed by atoms with E-state index in [4.69, 9.17) is 0 Å². The van der Waals surface area contributed by atoms with Gasteiger partial charge in [0.25, 0.3) is 5.69 Å². The molecule has 0 saturated carbocycles. The third-order valence-electron chi connectivity index (χ3n) is 4.56. The molecule has 0 atom stereocenters. The molecule has 9 heteroatoms. The lowest BCUT2D eigenvalue weighted by molar-refractivity contribution is -0.384. The van der Waals surface area contributed by atoms with Gasteiger partial charge in [-0.25, -0.2) is 8.42 Å². The van der Waals surface area contributed by atoms with Crippen molar-refractivity contribution in [3.8, 4) is 0 Å². The molecule has 0 aliphatic rings. The first-order valence-corrected chi connectivity index (χ1v) is 10.9. The van der Waals surface area contributed by atoms with Gasteiger partial charge in [-0.3, -0.25) is 14.9 Å². The second-order valence-corrected chi connectivity index (χ2v) is 8.55. The van der Waals surface area contributed by atoms with Gasteiger partial charge in [0, 0.05) is 44.9 Å². The molecule has 1 amide bonds. The Hall–Kier alpha value is -3.04. The molecule has 30 heavy (non-hydrogen) atoms. The fourth-order valence-corrected chi connectivity index (χ4v) is 4.34. The quantitative estimate of drug-likeness (QED) is 0.344. The zero-order valence-corrected chi connectivity index (χ0v) is 18.0. The molecule has 0 N–H and O–H groups in total. The van der Waals surface area contributed by atoms with E-state index in [1.54, 1.807) is 51.2 Å². The predicted octanol–water partition coefficient (Wildman–Crippen LogP) is 3.30. The predicted molar refractivity (Wildman–Crippen MR) is 115 cm³/mol. The fraction of sp³-hybridized carbons (Fsp3) is 0.286. The number of nitro groups is 1. The zero-order chi connectivity index (χ0) is 22.3. The monoisotopic (exact) mass is 431 g/mol. The summed E-state index contributed by atoms with van der Waals surface area (Å²) >= 11 is 0. The van der Waals surface area contributed by atoms with E-state index in [1.807, 2.05) is 0 Å². The first kappa shape index (κ1) is 23.2. The number of likely N-dealkylation sites (N-methyl/N-ethyl adjacent to an activating group) is 1. The van der Waals surface area contributed by atoms with E-state index in [9.17, 15) is 23.3 Å². The third-order valence-corrected chi connectivity index (χ3v) is 6.62. The van der Waals surface area contributed by atoms with Crippen molar-refractivity contribution in [2.24, 2.45) is 0 Å². The summed E-state index contributed by atoms with van der Waals surface area (Å²) in [4.78, 5) is 24.4. The number of rotatable bonds is 9. The van der Waals surface area contributed by atoms with E-state index in [1.165, 1.54) is 39.5 Å². The first-order chi connectivity index (χ1) is 14.2. The van der Waals surface area contributed by atoms with Crippen LogP contribution in [-0.2, 0) is 21.4 Å². The summed E-state index contributed by atoms with van der Waals surface area (Å²) in [6, 6.07) is 12.4. The van der Waals surface area contributed by atoms with Gasteiger partial charge < -0.3 is 4.90 Å². The molecule has 0 aliphatic carbocycles. The lowest BCUT2D eigenvalue weighted by Crippen LogP contribution is -2.30. The van der Waals surface area contributed by atoms with E-state index in [0.29, 0.717) is 24.2 Å². The molecule has 0 spiro atoms. The van der Waals surface area contributed by atoms with Crippen molar-refractivity contribution in [3.05, 3.63) is 75.8 Å². The maximum Gasteiger partial charge on any atom is 0.269 e. The van der Waals surface area contributed by atoms with Crippen molar-refractivity contribution in [3.63, 3.8) is 0 Å². The lowest BCUT2D eigenvalue weighted by atomic mass is 10.2. The summed E-state index contributed by atoms with van der Waals surface area (Å²) in [6.07, 6.45) is 2.98. The number of sulfonamides is 1. The molecule has 0 aromatic heterocycles. The van der Waals surface area contributed by atoms with Crippen LogP contribution in [-0.4, -0.2) is 48.6 Å². The van der Waals surface area contributed by atoms with Gasteiger partial charge in [0.05, 0.1) is 9.82 Å². The summed E-state index contributed by atoms with van der Waals surface area (Å²) in [6.45, 7) is 4.59. The van der Waals surface area contributed by atoms with Crippen molar-refractivity contribution in [2.75, 3.05) is 20.1 Å². The second kappa shape index (κ2) is 10.1. The number of carbonyl (C=O) groups is 1. The van der Waals surface area contributed by atoms with Crippen LogP contribution in [0.25, 0.3) is 6.08 Å². The normalized spacial score (nSPS) is 11.7. The minimum Gasteiger partial charge on any atom is -0.338 e. The molecule has 0 bridgehead atoms. The number of hydrogen-bond donors (Lipinski definition) is 0. The Balaban J connectivity index is 2.05. The topological polar surface area (TPSA) is 101 Å². The van der Waals surface area contributed by atoms with Crippen LogP contribution in [0.1, 0.15) is 25.0 Å². The maximum atomic E-state index is 12.5. The van der Waals surface area contributed by atoms with Crippen LogP contribution in [0.4, 0.5) is 5.69 Å². The molecule has 0 aliphatic heterocycles. The minimum absolute atomic E-state index is 0.0244. The Labute approximate surface area is 176 Å². The fourth-order valence-electron chi connectivity index (χ4n) is 2.88. The highest BCUT2D eigenvalue weighted by Gasteiger charge is 2.21. The minimum atomic E-state index is -3.52. The number of non-ortho nitro benzene ring substituents is 1. The van der Waals surface area contributed by atoms with Crippen molar-refractivity contribution >= 4 is 27.7 Å². The Kier molecular flexibility index (Phi) is 7.85. The number of benzene rings is 2. The molecule has 2 aromatic rings. The lowest BCUT2D eigenvalue weighted by Gasteiger charge is -2.18. The summed E-state index contributed by atoms with van der Waals surface area (Å²) in [5.41, 5.74) is 1.31. The van der Waals surface area contributed by atoms with Crippen molar-refractivity contribution < 1.29 is 18.1 Å². The van der Waals surface area contributed by atoms with E-state index < -0.39 is 14.9 Å². The molecule has 2 rings (SSSR count). The molecule has 0 fully saturated rings. The van der Waals surface area contributed by atoms with E-state index in [0.717, 1.165) is 0 Å². The molecule has 2 aromatic carbocycles. The van der Waals surface area contributed by atoms with Crippen LogP contribution in [0.5, 0.6) is 0 Å². The van der Waals surface area contributed by atoms with E-state index in [-0.39, 0.29) is 23.0 Å². The molecule has 0 saturated heterocycles. The maximum absolute atomic E-state index is 12.5. The molecule has 8 nitrogen and oxygen atoms in total. The number of nitrogens with zero attached hydrogens (tertiary/aromatic N) is 3. The average molecular weight is 432 g/mol. The van der Waals surface area contributed by atoms with Crippen LogP contribution in [0.15, 0.2) is 59.5 Å². The summed E-state index contributed by atoms with van der Waals surface area (Å²) in [7, 11) is -1.92. The third kappa shape index (κ3) is 5.74. The summed E-state index contributed by atoms with van der Waals surface area (Å²) in [5.74, 6) is -0.277. The molecule has 160 valence electrons. The number of carbonyl (C=O) groups excluding carboxylic acids is 1. The number of hydrogen-bond acceptors (Lipinski definition) is 5. The molecule has 0 unspecified atom stereocenters. The van der Waals surface area contributed by atoms with Gasteiger partial charge in [0.15, 0.2) is 0 Å². The zero-order valence-electron chi connectivity index (χ0n) is 17.2. The van der Waals surface area contributed by atoms with Crippen LogP contribution in [0.3, 0.4) is 0 Å². The van der Waals surface area contributed by atoms with Crippen LogP contribution in [0.2, 0.25) is 0 Å². The van der Waals surface area contributed by atoms with Gasteiger partial charge in [-0.2, -0.15) is 4.31 Å². The molecular weight excluding hydrogens is 406 g/mol. The molecule has 0 radical (unpaired) electrons. The second-order valence-electron chi connectivity index (χ2n) is 6.61. The largest absolute Gasteiger partial charge is 0.338 e. The highest BCUT2D eigenvalue weighted by Crippen LogP contribution is 2.17. The van der Waals surface area contributed by atoms with Crippen molar-refractivity contribution in [1.29, 1.82) is 0 Å². The average Bonchev–Trinajstić information content (AvgIpc) is 2.73. The van der Waals surface area contributed by atoms with Gasteiger partial charge in [0.1, 0.15) is 0 Å². The highest BCUT2D eigenvalue weighted by atomic mass is 32.2. The van der Waals surface area contributed by atoms with Crippen LogP contribution in [0, 0.1) is 10.1 Å². The Morgan fingerprint density at radius 2 is 1.73 bits per heavy atom. The highest BCUT2D eigenvalue weighted by molar-refractivity contribution is 7.89. The number of amides is 1. The summed E-state index contributed by atoms with van der Waals surface area (Å²) < 4.78 is 26.4. The van der Waals surface area contributed by atoms with Crippen molar-refractivity contribution in [1.82, 2.24) is 9.21 Å². The Morgan fingerprint density at radius 3 is 2.30 bits per heavy atom.